The molecule has 112 valence electrons. The van der Waals surface area contributed by atoms with Gasteiger partial charge in [0.25, 0.3) is 5.91 Å². The summed E-state index contributed by atoms with van der Waals surface area (Å²) in [6.45, 7) is 5.72. The quantitative estimate of drug-likeness (QED) is 0.746. The fourth-order valence-electron chi connectivity index (χ4n) is 1.83. The van der Waals surface area contributed by atoms with Gasteiger partial charge in [-0.25, -0.2) is 0 Å². The molecule has 20 heavy (non-hydrogen) atoms. The van der Waals surface area contributed by atoms with E-state index in [2.05, 4.69) is 31.1 Å². The SMILES string of the molecule is CCC(C)N(C)CCNC(=O)c1cc(OC)ccc1N. The van der Waals surface area contributed by atoms with Gasteiger partial charge in [0.2, 0.25) is 0 Å². The summed E-state index contributed by atoms with van der Waals surface area (Å²) in [5, 5.41) is 2.88. The zero-order valence-electron chi connectivity index (χ0n) is 12.8. The van der Waals surface area contributed by atoms with Crippen LogP contribution in [0.5, 0.6) is 5.75 Å². The summed E-state index contributed by atoms with van der Waals surface area (Å²) in [5.74, 6) is 0.458. The number of methoxy groups -OCH3 is 1. The summed E-state index contributed by atoms with van der Waals surface area (Å²) in [6.07, 6.45) is 1.09. The number of nitrogen functional groups attached to an aromatic ring is 1. The first-order chi connectivity index (χ1) is 9.49. The number of hydrogen-bond acceptors (Lipinski definition) is 4. The van der Waals surface area contributed by atoms with E-state index >= 15 is 0 Å². The van der Waals surface area contributed by atoms with E-state index in [4.69, 9.17) is 10.5 Å². The van der Waals surface area contributed by atoms with Crippen molar-refractivity contribution in [2.45, 2.75) is 26.3 Å². The smallest absolute Gasteiger partial charge is 0.253 e. The fourth-order valence-corrected chi connectivity index (χ4v) is 1.83. The summed E-state index contributed by atoms with van der Waals surface area (Å²) < 4.78 is 5.10. The van der Waals surface area contributed by atoms with E-state index in [9.17, 15) is 4.79 Å². The Hall–Kier alpha value is -1.75. The maximum atomic E-state index is 12.1. The number of hydrogen-bond donors (Lipinski definition) is 2. The normalized spacial score (nSPS) is 12.2. The molecule has 0 aliphatic heterocycles. The number of ether oxygens (including phenoxy) is 1. The number of rotatable bonds is 7. The largest absolute Gasteiger partial charge is 0.497 e. The Bertz CT molecular complexity index is 449. The van der Waals surface area contributed by atoms with Gasteiger partial charge in [-0.15, -0.1) is 0 Å². The molecule has 0 fully saturated rings. The molecule has 5 heteroatoms. The summed E-state index contributed by atoms with van der Waals surface area (Å²) in [7, 11) is 3.62. The van der Waals surface area contributed by atoms with E-state index in [0.717, 1.165) is 13.0 Å². The maximum absolute atomic E-state index is 12.1. The second-order valence-electron chi connectivity index (χ2n) is 4.95. The Morgan fingerprint density at radius 3 is 2.80 bits per heavy atom. The van der Waals surface area contributed by atoms with Crippen molar-refractivity contribution in [2.24, 2.45) is 0 Å². The van der Waals surface area contributed by atoms with Crippen molar-refractivity contribution in [3.63, 3.8) is 0 Å². The van der Waals surface area contributed by atoms with E-state index in [-0.39, 0.29) is 5.91 Å². The summed E-state index contributed by atoms with van der Waals surface area (Å²) in [4.78, 5) is 14.3. The molecule has 1 aromatic rings. The van der Waals surface area contributed by atoms with Gasteiger partial charge in [0.1, 0.15) is 5.75 Å². The third-order valence-corrected chi connectivity index (χ3v) is 3.60. The molecule has 0 aliphatic rings. The van der Waals surface area contributed by atoms with Crippen molar-refractivity contribution in [3.05, 3.63) is 23.8 Å². The molecule has 1 aromatic carbocycles. The Morgan fingerprint density at radius 1 is 1.50 bits per heavy atom. The zero-order chi connectivity index (χ0) is 15.1. The molecule has 0 bridgehead atoms. The van der Waals surface area contributed by atoms with Crippen LogP contribution in [-0.2, 0) is 0 Å². The minimum atomic E-state index is -0.168. The lowest BCUT2D eigenvalue weighted by atomic mass is 10.1. The van der Waals surface area contributed by atoms with Gasteiger partial charge in [-0.3, -0.25) is 4.79 Å². The van der Waals surface area contributed by atoms with Crippen molar-refractivity contribution in [1.29, 1.82) is 0 Å². The van der Waals surface area contributed by atoms with Gasteiger partial charge in [-0.2, -0.15) is 0 Å². The Balaban J connectivity index is 2.55. The van der Waals surface area contributed by atoms with Gasteiger partial charge in [0.05, 0.1) is 12.7 Å². The first-order valence-electron chi connectivity index (χ1n) is 6.91. The lowest BCUT2D eigenvalue weighted by Gasteiger charge is -2.23. The Morgan fingerprint density at radius 2 is 2.20 bits per heavy atom. The number of carbonyl (C=O) groups excluding carboxylic acids is 1. The van der Waals surface area contributed by atoms with E-state index in [1.165, 1.54) is 0 Å². The monoisotopic (exact) mass is 279 g/mol. The van der Waals surface area contributed by atoms with Crippen LogP contribution in [0, 0.1) is 0 Å². The number of carbonyl (C=O) groups is 1. The van der Waals surface area contributed by atoms with Crippen LogP contribution >= 0.6 is 0 Å². The molecule has 5 nitrogen and oxygen atoms in total. The van der Waals surface area contributed by atoms with Gasteiger partial charge in [0.15, 0.2) is 0 Å². The summed E-state index contributed by atoms with van der Waals surface area (Å²) in [6, 6.07) is 5.58. The van der Waals surface area contributed by atoms with Crippen molar-refractivity contribution in [2.75, 3.05) is 33.0 Å². The number of likely N-dealkylation sites (N-methyl/N-ethyl adjacent to an activating group) is 1. The van der Waals surface area contributed by atoms with Crippen molar-refractivity contribution < 1.29 is 9.53 Å². The summed E-state index contributed by atoms with van der Waals surface area (Å²) in [5.41, 5.74) is 6.73. The van der Waals surface area contributed by atoms with Gasteiger partial charge in [-0.1, -0.05) is 6.92 Å². The molecule has 0 saturated heterocycles. The van der Waals surface area contributed by atoms with Crippen molar-refractivity contribution in [1.82, 2.24) is 10.2 Å². The number of nitrogens with zero attached hydrogens (tertiary/aromatic N) is 1. The minimum Gasteiger partial charge on any atom is -0.497 e. The first kappa shape index (κ1) is 16.3. The second-order valence-corrected chi connectivity index (χ2v) is 4.95. The van der Waals surface area contributed by atoms with E-state index in [0.29, 0.717) is 29.6 Å². The standard InChI is InChI=1S/C15H25N3O2/c1-5-11(2)18(3)9-8-17-15(19)13-10-12(20-4)6-7-14(13)16/h6-7,10-11H,5,8-9,16H2,1-4H3,(H,17,19). The first-order valence-corrected chi connectivity index (χ1v) is 6.91. The maximum Gasteiger partial charge on any atom is 0.253 e. The lowest BCUT2D eigenvalue weighted by molar-refractivity contribution is 0.0948. The average Bonchev–Trinajstić information content (AvgIpc) is 2.46. The fraction of sp³-hybridized carbons (Fsp3) is 0.533. The molecule has 0 heterocycles. The van der Waals surface area contributed by atoms with Crippen molar-refractivity contribution >= 4 is 11.6 Å². The van der Waals surface area contributed by atoms with Crippen LogP contribution in [0.25, 0.3) is 0 Å². The lowest BCUT2D eigenvalue weighted by Crippen LogP contribution is -2.37. The van der Waals surface area contributed by atoms with Crippen LogP contribution in [0.2, 0.25) is 0 Å². The highest BCUT2D eigenvalue weighted by Crippen LogP contribution is 2.19. The molecule has 0 spiro atoms. The van der Waals surface area contributed by atoms with Crippen LogP contribution < -0.4 is 15.8 Å². The van der Waals surface area contributed by atoms with E-state index in [1.54, 1.807) is 25.3 Å². The third kappa shape index (κ3) is 4.42. The molecule has 1 unspecified atom stereocenters. The number of benzene rings is 1. The highest BCUT2D eigenvalue weighted by Gasteiger charge is 2.12. The molecular formula is C15H25N3O2. The number of nitrogens with one attached hydrogen (secondary N) is 1. The molecule has 0 aliphatic carbocycles. The topological polar surface area (TPSA) is 67.6 Å². The Kier molecular flexibility index (Phi) is 6.31. The Labute approximate surface area is 121 Å². The van der Waals surface area contributed by atoms with Gasteiger partial charge in [0, 0.05) is 24.8 Å². The molecule has 1 atom stereocenters. The summed E-state index contributed by atoms with van der Waals surface area (Å²) >= 11 is 0. The van der Waals surface area contributed by atoms with Gasteiger partial charge in [-0.05, 0) is 38.6 Å². The number of anilines is 1. The second kappa shape index (κ2) is 7.75. The predicted octanol–water partition coefficient (Wildman–Crippen LogP) is 1.74. The molecule has 0 saturated carbocycles. The highest BCUT2D eigenvalue weighted by atomic mass is 16.5. The molecular weight excluding hydrogens is 254 g/mol. The highest BCUT2D eigenvalue weighted by molar-refractivity contribution is 5.99. The van der Waals surface area contributed by atoms with Crippen LogP contribution in [0.1, 0.15) is 30.6 Å². The van der Waals surface area contributed by atoms with Crippen LogP contribution in [0.3, 0.4) is 0 Å². The molecule has 1 amide bonds. The number of amides is 1. The van der Waals surface area contributed by atoms with E-state index < -0.39 is 0 Å². The van der Waals surface area contributed by atoms with Crippen LogP contribution in [0.4, 0.5) is 5.69 Å². The third-order valence-electron chi connectivity index (χ3n) is 3.60. The van der Waals surface area contributed by atoms with E-state index in [1.807, 2.05) is 0 Å². The molecule has 0 aromatic heterocycles. The van der Waals surface area contributed by atoms with Crippen molar-refractivity contribution in [3.8, 4) is 5.75 Å². The zero-order valence-corrected chi connectivity index (χ0v) is 12.8. The predicted molar refractivity (Wildman–Crippen MR) is 82.1 cm³/mol. The average molecular weight is 279 g/mol. The molecule has 3 N–H and O–H groups in total. The molecule has 0 radical (unpaired) electrons. The minimum absolute atomic E-state index is 0.168. The number of nitrogens with two attached hydrogens (primary N) is 1. The van der Waals surface area contributed by atoms with Crippen LogP contribution in [-0.4, -0.2) is 44.1 Å². The van der Waals surface area contributed by atoms with Gasteiger partial charge >= 0.3 is 0 Å². The van der Waals surface area contributed by atoms with Crippen LogP contribution in [0.15, 0.2) is 18.2 Å². The van der Waals surface area contributed by atoms with Gasteiger partial charge < -0.3 is 20.7 Å². The molecule has 1 rings (SSSR count).